The minimum atomic E-state index is -0.624. The Balaban J connectivity index is 2.10. The first-order valence-corrected chi connectivity index (χ1v) is 3.25. The number of fused-ring (bicyclic) bond motifs is 1. The van der Waals surface area contributed by atoms with Gasteiger partial charge < -0.3 is 10.4 Å². The predicted octanol–water partition coefficient (Wildman–Crippen LogP) is -0.321. The van der Waals surface area contributed by atoms with Gasteiger partial charge in [0.25, 0.3) is 0 Å². The fourth-order valence-corrected chi connectivity index (χ4v) is 1.85. The molecule has 0 amide bonds. The summed E-state index contributed by atoms with van der Waals surface area (Å²) in [5, 5.41) is 11.7. The Labute approximate surface area is 53.1 Å². The van der Waals surface area contributed by atoms with E-state index in [1.807, 2.05) is 0 Å². The summed E-state index contributed by atoms with van der Waals surface area (Å²) in [5.74, 6) is -0.251. The number of aliphatic carboxylic acids is 1. The molecule has 3 nitrogen and oxygen atoms in total. The summed E-state index contributed by atoms with van der Waals surface area (Å²) >= 11 is 0. The maximum Gasteiger partial charge on any atom is 0.308 e. The average molecular weight is 127 g/mol. The van der Waals surface area contributed by atoms with Crippen LogP contribution in [0.2, 0.25) is 0 Å². The highest BCUT2D eigenvalue weighted by molar-refractivity contribution is 5.73. The molecule has 0 unspecified atom stereocenters. The van der Waals surface area contributed by atoms with Crippen LogP contribution in [0, 0.1) is 11.8 Å². The molecule has 0 radical (unpaired) electrons. The van der Waals surface area contributed by atoms with Crippen LogP contribution in [-0.2, 0) is 4.79 Å². The molecule has 2 aliphatic heterocycles. The Kier molecular flexibility index (Phi) is 0.858. The number of hydrogen-bond acceptors (Lipinski definition) is 2. The quantitative estimate of drug-likeness (QED) is 0.507. The molecular formula is C6H9NO2. The number of carboxylic acids is 1. The minimum absolute atomic E-state index is 0.0648. The zero-order valence-corrected chi connectivity index (χ0v) is 5.00. The van der Waals surface area contributed by atoms with E-state index in [9.17, 15) is 4.79 Å². The van der Waals surface area contributed by atoms with Gasteiger partial charge in [0.1, 0.15) is 0 Å². The van der Waals surface area contributed by atoms with Gasteiger partial charge in [-0.3, -0.25) is 4.79 Å². The van der Waals surface area contributed by atoms with E-state index in [0.29, 0.717) is 12.0 Å². The van der Waals surface area contributed by atoms with Crippen LogP contribution in [-0.4, -0.2) is 23.7 Å². The maximum absolute atomic E-state index is 10.4. The van der Waals surface area contributed by atoms with E-state index in [4.69, 9.17) is 5.11 Å². The third-order valence-electron chi connectivity index (χ3n) is 2.43. The molecule has 0 aromatic heterocycles. The van der Waals surface area contributed by atoms with Gasteiger partial charge in [-0.2, -0.15) is 0 Å². The molecule has 0 aromatic rings. The lowest BCUT2D eigenvalue weighted by Gasteiger charge is -2.30. The second-order valence-corrected chi connectivity index (χ2v) is 2.87. The monoisotopic (exact) mass is 127 g/mol. The van der Waals surface area contributed by atoms with Gasteiger partial charge in [-0.05, 0) is 18.9 Å². The van der Waals surface area contributed by atoms with Gasteiger partial charge in [-0.1, -0.05) is 0 Å². The molecule has 2 bridgehead atoms. The molecule has 3 heteroatoms. The van der Waals surface area contributed by atoms with Crippen LogP contribution >= 0.6 is 0 Å². The van der Waals surface area contributed by atoms with E-state index in [0.717, 1.165) is 13.0 Å². The molecule has 3 fully saturated rings. The first kappa shape index (κ1) is 5.23. The van der Waals surface area contributed by atoms with Crippen molar-refractivity contribution in [2.45, 2.75) is 12.5 Å². The van der Waals surface area contributed by atoms with Crippen molar-refractivity contribution in [3.63, 3.8) is 0 Å². The third kappa shape index (κ3) is 0.525. The van der Waals surface area contributed by atoms with Crippen LogP contribution in [0.1, 0.15) is 6.42 Å². The lowest BCUT2D eigenvalue weighted by atomic mass is 9.74. The van der Waals surface area contributed by atoms with Crippen molar-refractivity contribution in [3.8, 4) is 0 Å². The number of carboxylic acid groups (broad SMARTS) is 1. The molecule has 2 N–H and O–H groups in total. The fraction of sp³-hybridized carbons (Fsp3) is 0.833. The zero-order chi connectivity index (χ0) is 6.43. The molecule has 3 aliphatic rings. The lowest BCUT2D eigenvalue weighted by Crippen LogP contribution is -2.42. The van der Waals surface area contributed by atoms with Gasteiger partial charge in [-0.25, -0.2) is 0 Å². The molecule has 2 saturated heterocycles. The molecule has 50 valence electrons. The normalized spacial score (nSPS) is 46.4. The van der Waals surface area contributed by atoms with Gasteiger partial charge >= 0.3 is 5.97 Å². The summed E-state index contributed by atoms with van der Waals surface area (Å²) in [6.45, 7) is 0.918. The summed E-state index contributed by atoms with van der Waals surface area (Å²) < 4.78 is 0. The summed E-state index contributed by atoms with van der Waals surface area (Å²) in [6.07, 6.45) is 1.08. The highest BCUT2D eigenvalue weighted by Gasteiger charge is 2.50. The second-order valence-electron chi connectivity index (χ2n) is 2.87. The first-order chi connectivity index (χ1) is 4.29. The van der Waals surface area contributed by atoms with Crippen molar-refractivity contribution in [1.82, 2.24) is 5.32 Å². The van der Waals surface area contributed by atoms with Crippen LogP contribution < -0.4 is 5.32 Å². The number of nitrogens with one attached hydrogen (secondary N) is 1. The Morgan fingerprint density at radius 3 is 2.67 bits per heavy atom. The fourth-order valence-electron chi connectivity index (χ4n) is 1.85. The zero-order valence-electron chi connectivity index (χ0n) is 5.00. The van der Waals surface area contributed by atoms with Crippen molar-refractivity contribution in [2.24, 2.45) is 11.8 Å². The largest absolute Gasteiger partial charge is 0.481 e. The van der Waals surface area contributed by atoms with Gasteiger partial charge in [0.05, 0.1) is 5.92 Å². The van der Waals surface area contributed by atoms with Crippen molar-refractivity contribution >= 4 is 5.97 Å². The summed E-state index contributed by atoms with van der Waals surface area (Å²) in [6, 6.07) is 0.299. The van der Waals surface area contributed by atoms with Crippen molar-refractivity contribution in [1.29, 1.82) is 0 Å². The average Bonchev–Trinajstić information content (AvgIpc) is 2.13. The van der Waals surface area contributed by atoms with Crippen molar-refractivity contribution < 1.29 is 9.90 Å². The van der Waals surface area contributed by atoms with E-state index in [2.05, 4.69) is 5.32 Å². The lowest BCUT2D eigenvalue weighted by molar-refractivity contribution is -0.146. The second kappa shape index (κ2) is 1.48. The maximum atomic E-state index is 10.4. The van der Waals surface area contributed by atoms with Gasteiger partial charge in [0.2, 0.25) is 0 Å². The summed E-state index contributed by atoms with van der Waals surface area (Å²) in [5.41, 5.74) is 0. The topological polar surface area (TPSA) is 49.3 Å². The Morgan fingerprint density at radius 2 is 2.44 bits per heavy atom. The van der Waals surface area contributed by atoms with Crippen LogP contribution in [0.4, 0.5) is 0 Å². The van der Waals surface area contributed by atoms with E-state index in [-0.39, 0.29) is 5.92 Å². The minimum Gasteiger partial charge on any atom is -0.481 e. The van der Waals surface area contributed by atoms with Gasteiger partial charge in [-0.15, -0.1) is 0 Å². The van der Waals surface area contributed by atoms with Crippen LogP contribution in [0.25, 0.3) is 0 Å². The Bertz CT molecular complexity index is 143. The van der Waals surface area contributed by atoms with E-state index >= 15 is 0 Å². The highest BCUT2D eigenvalue weighted by atomic mass is 16.4. The Hall–Kier alpha value is -0.570. The Morgan fingerprint density at radius 1 is 1.67 bits per heavy atom. The molecule has 3 rings (SSSR count). The molecular weight excluding hydrogens is 118 g/mol. The smallest absolute Gasteiger partial charge is 0.308 e. The van der Waals surface area contributed by atoms with Gasteiger partial charge in [0, 0.05) is 6.04 Å². The molecule has 1 saturated carbocycles. The molecule has 3 atom stereocenters. The molecule has 2 heterocycles. The standard InChI is InChI=1S/C6H9NO2/c8-6(9)5-3-1-4(5)7-2-3/h3-5,7H,1-2H2,(H,8,9)/t3-,4-,5+/m1/s1. The molecule has 0 aromatic carbocycles. The summed E-state index contributed by atoms with van der Waals surface area (Å²) in [7, 11) is 0. The van der Waals surface area contributed by atoms with Gasteiger partial charge in [0.15, 0.2) is 0 Å². The molecule has 9 heavy (non-hydrogen) atoms. The van der Waals surface area contributed by atoms with Crippen LogP contribution in [0.5, 0.6) is 0 Å². The van der Waals surface area contributed by atoms with Crippen molar-refractivity contribution in [3.05, 3.63) is 0 Å². The van der Waals surface area contributed by atoms with Crippen LogP contribution in [0.3, 0.4) is 0 Å². The van der Waals surface area contributed by atoms with E-state index in [1.165, 1.54) is 0 Å². The van der Waals surface area contributed by atoms with Crippen molar-refractivity contribution in [2.75, 3.05) is 6.54 Å². The highest BCUT2D eigenvalue weighted by Crippen LogP contribution is 2.39. The summed E-state index contributed by atoms with van der Waals surface area (Å²) in [4.78, 5) is 10.4. The third-order valence-corrected chi connectivity index (χ3v) is 2.43. The van der Waals surface area contributed by atoms with Crippen LogP contribution in [0.15, 0.2) is 0 Å². The number of hydrogen-bond donors (Lipinski definition) is 2. The number of rotatable bonds is 1. The van der Waals surface area contributed by atoms with E-state index < -0.39 is 5.97 Å². The first-order valence-electron chi connectivity index (χ1n) is 3.25. The molecule has 1 aliphatic carbocycles. The molecule has 0 spiro atoms. The number of carbonyl (C=O) groups is 1. The predicted molar refractivity (Wildman–Crippen MR) is 31.0 cm³/mol. The van der Waals surface area contributed by atoms with E-state index in [1.54, 1.807) is 0 Å². The SMILES string of the molecule is O=C(O)[C@H]1[C@H]2CN[C@@H]1C2.